The summed E-state index contributed by atoms with van der Waals surface area (Å²) in [5.41, 5.74) is -0.336. The van der Waals surface area contributed by atoms with Crippen LogP contribution < -0.4 is 10.6 Å². The zero-order valence-electron chi connectivity index (χ0n) is 15.7. The number of amides is 2. The number of nitrogens with zero attached hydrogens (tertiary/aromatic N) is 1. The zero-order chi connectivity index (χ0) is 18.3. The van der Waals surface area contributed by atoms with Crippen molar-refractivity contribution in [3.8, 4) is 0 Å². The van der Waals surface area contributed by atoms with E-state index in [2.05, 4.69) is 36.4 Å². The van der Waals surface area contributed by atoms with E-state index < -0.39 is 5.54 Å². The van der Waals surface area contributed by atoms with Gasteiger partial charge in [0.2, 0.25) is 5.91 Å². The normalized spacial score (nSPS) is 16.6. The first-order valence-corrected chi connectivity index (χ1v) is 10.4. The quantitative estimate of drug-likeness (QED) is 0.690. The standard InChI is InChI=1S/C19H31N3O2S/c1-4-5-11-20-18(24)19(9-7-6-8-10-19)22-17(23)15-13-25-16(21-15)12-14(2)3/h13-14H,4-12H2,1-3H3,(H,20,24)(H,22,23). The van der Waals surface area contributed by atoms with Crippen molar-refractivity contribution in [2.45, 2.75) is 77.7 Å². The van der Waals surface area contributed by atoms with E-state index in [1.54, 1.807) is 5.38 Å². The SMILES string of the molecule is CCCCNC(=O)C1(NC(=O)c2csc(CC(C)C)n2)CCCCC1. The van der Waals surface area contributed by atoms with Gasteiger partial charge in [-0.3, -0.25) is 9.59 Å². The molecule has 1 heterocycles. The van der Waals surface area contributed by atoms with Crippen molar-refractivity contribution < 1.29 is 9.59 Å². The molecule has 5 nitrogen and oxygen atoms in total. The Morgan fingerprint density at radius 2 is 2.00 bits per heavy atom. The lowest BCUT2D eigenvalue weighted by molar-refractivity contribution is -0.128. The van der Waals surface area contributed by atoms with Gasteiger partial charge >= 0.3 is 0 Å². The minimum absolute atomic E-state index is 0.0355. The van der Waals surface area contributed by atoms with Crippen LogP contribution in [-0.2, 0) is 11.2 Å². The molecule has 2 N–H and O–H groups in total. The van der Waals surface area contributed by atoms with Gasteiger partial charge in [-0.1, -0.05) is 46.5 Å². The molecule has 0 atom stereocenters. The Kier molecular flexibility index (Phi) is 7.41. The first-order chi connectivity index (χ1) is 12.0. The van der Waals surface area contributed by atoms with Crippen LogP contribution in [0.15, 0.2) is 5.38 Å². The lowest BCUT2D eigenvalue weighted by Gasteiger charge is -2.36. The Bertz CT molecular complexity index is 577. The van der Waals surface area contributed by atoms with E-state index >= 15 is 0 Å². The summed E-state index contributed by atoms with van der Waals surface area (Å²) in [6, 6.07) is 0. The maximum atomic E-state index is 12.8. The highest BCUT2D eigenvalue weighted by molar-refractivity contribution is 7.09. The molecule has 0 spiro atoms. The smallest absolute Gasteiger partial charge is 0.271 e. The average Bonchev–Trinajstić information content (AvgIpc) is 3.03. The van der Waals surface area contributed by atoms with Crippen molar-refractivity contribution in [1.29, 1.82) is 0 Å². The lowest BCUT2D eigenvalue weighted by Crippen LogP contribution is -2.59. The Labute approximate surface area is 155 Å². The van der Waals surface area contributed by atoms with E-state index in [0.29, 0.717) is 31.0 Å². The summed E-state index contributed by atoms with van der Waals surface area (Å²) >= 11 is 1.52. The van der Waals surface area contributed by atoms with Crippen LogP contribution in [0, 0.1) is 5.92 Å². The topological polar surface area (TPSA) is 71.1 Å². The van der Waals surface area contributed by atoms with Gasteiger partial charge in [0, 0.05) is 18.3 Å². The summed E-state index contributed by atoms with van der Waals surface area (Å²) in [5.74, 6) is 0.251. The van der Waals surface area contributed by atoms with Gasteiger partial charge in [-0.2, -0.15) is 0 Å². The van der Waals surface area contributed by atoms with Gasteiger partial charge in [-0.15, -0.1) is 11.3 Å². The summed E-state index contributed by atoms with van der Waals surface area (Å²) in [4.78, 5) is 29.9. The van der Waals surface area contributed by atoms with E-state index in [1.165, 1.54) is 11.3 Å². The first-order valence-electron chi connectivity index (χ1n) is 9.52. The second kappa shape index (κ2) is 9.32. The third-order valence-corrected chi connectivity index (χ3v) is 5.55. The van der Waals surface area contributed by atoms with Crippen LogP contribution in [0.1, 0.15) is 81.2 Å². The largest absolute Gasteiger partial charge is 0.354 e. The maximum Gasteiger partial charge on any atom is 0.271 e. The van der Waals surface area contributed by atoms with Crippen LogP contribution in [0.25, 0.3) is 0 Å². The van der Waals surface area contributed by atoms with E-state index in [0.717, 1.165) is 43.5 Å². The summed E-state index contributed by atoms with van der Waals surface area (Å²) in [5, 5.41) is 8.83. The number of hydrogen-bond donors (Lipinski definition) is 2. The van der Waals surface area contributed by atoms with Crippen molar-refractivity contribution in [2.75, 3.05) is 6.54 Å². The molecule has 140 valence electrons. The van der Waals surface area contributed by atoms with Crippen LogP contribution in [0.2, 0.25) is 0 Å². The van der Waals surface area contributed by atoms with Crippen LogP contribution in [0.3, 0.4) is 0 Å². The predicted octanol–water partition coefficient (Wildman–Crippen LogP) is 3.69. The molecule has 25 heavy (non-hydrogen) atoms. The number of hydrogen-bond acceptors (Lipinski definition) is 4. The molecular weight excluding hydrogens is 334 g/mol. The van der Waals surface area contributed by atoms with Crippen molar-refractivity contribution >= 4 is 23.2 Å². The molecule has 0 aromatic carbocycles. The highest BCUT2D eigenvalue weighted by Crippen LogP contribution is 2.29. The highest BCUT2D eigenvalue weighted by atomic mass is 32.1. The van der Waals surface area contributed by atoms with E-state index in [4.69, 9.17) is 0 Å². The number of rotatable bonds is 8. The van der Waals surface area contributed by atoms with Crippen molar-refractivity contribution in [3.63, 3.8) is 0 Å². The molecule has 2 rings (SSSR count). The summed E-state index contributed by atoms with van der Waals surface area (Å²) in [7, 11) is 0. The van der Waals surface area contributed by atoms with E-state index in [-0.39, 0.29) is 11.8 Å². The third kappa shape index (κ3) is 5.53. The van der Waals surface area contributed by atoms with Crippen LogP contribution in [0.5, 0.6) is 0 Å². The Balaban J connectivity index is 2.06. The molecule has 0 saturated heterocycles. The molecule has 1 saturated carbocycles. The molecule has 2 amide bonds. The lowest BCUT2D eigenvalue weighted by atomic mass is 9.80. The van der Waals surface area contributed by atoms with Gasteiger partial charge in [0.25, 0.3) is 5.91 Å². The first kappa shape index (κ1) is 19.9. The Morgan fingerprint density at radius 1 is 1.28 bits per heavy atom. The fourth-order valence-corrected chi connectivity index (χ4v) is 4.24. The van der Waals surface area contributed by atoms with Gasteiger partial charge in [0.15, 0.2) is 0 Å². The average molecular weight is 366 g/mol. The minimum Gasteiger partial charge on any atom is -0.354 e. The minimum atomic E-state index is -0.773. The summed E-state index contributed by atoms with van der Waals surface area (Å²) in [6.07, 6.45) is 7.35. The number of aromatic nitrogens is 1. The van der Waals surface area contributed by atoms with Crippen molar-refractivity contribution in [3.05, 3.63) is 16.1 Å². The van der Waals surface area contributed by atoms with Crippen molar-refractivity contribution in [1.82, 2.24) is 15.6 Å². The molecule has 1 aromatic heterocycles. The molecule has 6 heteroatoms. The highest BCUT2D eigenvalue weighted by Gasteiger charge is 2.41. The molecule has 1 aliphatic rings. The molecule has 1 aliphatic carbocycles. The monoisotopic (exact) mass is 365 g/mol. The van der Waals surface area contributed by atoms with Gasteiger partial charge in [-0.05, 0) is 25.2 Å². The predicted molar refractivity (Wildman–Crippen MR) is 102 cm³/mol. The maximum absolute atomic E-state index is 12.8. The molecule has 0 radical (unpaired) electrons. The van der Waals surface area contributed by atoms with Gasteiger partial charge in [0.1, 0.15) is 11.2 Å². The number of nitrogens with one attached hydrogen (secondary N) is 2. The molecule has 1 aromatic rings. The number of unbranched alkanes of at least 4 members (excludes halogenated alkanes) is 1. The van der Waals surface area contributed by atoms with Crippen LogP contribution in [-0.4, -0.2) is 28.9 Å². The third-order valence-electron chi connectivity index (χ3n) is 4.68. The molecule has 0 unspecified atom stereocenters. The number of thiazole rings is 1. The van der Waals surface area contributed by atoms with Crippen molar-refractivity contribution in [2.24, 2.45) is 5.92 Å². The fraction of sp³-hybridized carbons (Fsp3) is 0.737. The Hall–Kier alpha value is -1.43. The molecule has 0 aliphatic heterocycles. The second-order valence-electron chi connectivity index (χ2n) is 7.43. The molecular formula is C19H31N3O2S. The summed E-state index contributed by atoms with van der Waals surface area (Å²) in [6.45, 7) is 7.04. The summed E-state index contributed by atoms with van der Waals surface area (Å²) < 4.78 is 0. The van der Waals surface area contributed by atoms with E-state index in [9.17, 15) is 9.59 Å². The molecule has 0 bridgehead atoms. The van der Waals surface area contributed by atoms with Crippen LogP contribution >= 0.6 is 11.3 Å². The second-order valence-corrected chi connectivity index (χ2v) is 8.37. The number of carbonyl (C=O) groups is 2. The van der Waals surface area contributed by atoms with Gasteiger partial charge in [-0.25, -0.2) is 4.98 Å². The number of carbonyl (C=O) groups excluding carboxylic acids is 2. The van der Waals surface area contributed by atoms with Gasteiger partial charge < -0.3 is 10.6 Å². The molecule has 1 fully saturated rings. The van der Waals surface area contributed by atoms with Gasteiger partial charge in [0.05, 0.1) is 5.01 Å². The zero-order valence-corrected chi connectivity index (χ0v) is 16.5. The Morgan fingerprint density at radius 3 is 2.64 bits per heavy atom. The van der Waals surface area contributed by atoms with E-state index in [1.807, 2.05) is 0 Å². The fourth-order valence-electron chi connectivity index (χ4n) is 3.25. The van der Waals surface area contributed by atoms with Crippen LogP contribution in [0.4, 0.5) is 0 Å².